The van der Waals surface area contributed by atoms with Gasteiger partial charge in [0.05, 0.1) is 35.8 Å². The zero-order chi connectivity index (χ0) is 22.8. The van der Waals surface area contributed by atoms with Gasteiger partial charge in [0.25, 0.3) is 5.69 Å². The van der Waals surface area contributed by atoms with Crippen LogP contribution >= 0.6 is 0 Å². The number of hydrogen-bond donors (Lipinski definition) is 2. The third kappa shape index (κ3) is 3.35. The number of aromatic nitrogens is 2. The van der Waals surface area contributed by atoms with Crippen molar-refractivity contribution in [2.45, 2.75) is 12.8 Å². The van der Waals surface area contributed by atoms with Crippen molar-refractivity contribution in [1.82, 2.24) is 10.2 Å². The molecular formula is C22H19N5O5. The number of nitro benzene ring substituents is 1. The summed E-state index contributed by atoms with van der Waals surface area (Å²) in [6.07, 6.45) is 0. The highest BCUT2D eigenvalue weighted by atomic mass is 16.6. The van der Waals surface area contributed by atoms with Crippen LogP contribution in [0.3, 0.4) is 0 Å². The maximum absolute atomic E-state index is 11.7. The summed E-state index contributed by atoms with van der Waals surface area (Å²) >= 11 is 0. The first-order valence-electron chi connectivity index (χ1n) is 9.70. The number of nitrogens with zero attached hydrogens (tertiary/aromatic N) is 3. The number of para-hydroxylation sites is 1. The van der Waals surface area contributed by atoms with E-state index < -0.39 is 10.8 Å². The Morgan fingerprint density at radius 1 is 1.31 bits per heavy atom. The van der Waals surface area contributed by atoms with E-state index in [4.69, 9.17) is 19.9 Å². The van der Waals surface area contributed by atoms with Crippen molar-refractivity contribution in [3.8, 4) is 34.7 Å². The Hall–Kier alpha value is -4.52. The van der Waals surface area contributed by atoms with E-state index in [9.17, 15) is 15.4 Å². The molecule has 10 heteroatoms. The van der Waals surface area contributed by atoms with Gasteiger partial charge in [0.15, 0.2) is 11.5 Å². The molecule has 0 radical (unpaired) electrons. The van der Waals surface area contributed by atoms with Gasteiger partial charge in [0.1, 0.15) is 11.6 Å². The second-order valence-electron chi connectivity index (χ2n) is 6.86. The zero-order valence-electron chi connectivity index (χ0n) is 17.3. The molecule has 0 saturated heterocycles. The number of hydrogen-bond acceptors (Lipinski definition) is 8. The first kappa shape index (κ1) is 20.7. The van der Waals surface area contributed by atoms with E-state index in [-0.39, 0.29) is 23.0 Å². The second-order valence-corrected chi connectivity index (χ2v) is 6.86. The van der Waals surface area contributed by atoms with E-state index in [0.29, 0.717) is 40.5 Å². The van der Waals surface area contributed by atoms with Crippen LogP contribution in [0.15, 0.2) is 53.9 Å². The Kier molecular flexibility index (Phi) is 5.39. The highest BCUT2D eigenvalue weighted by molar-refractivity contribution is 5.73. The summed E-state index contributed by atoms with van der Waals surface area (Å²) in [6.45, 7) is 2.34. The number of nitriles is 1. The fourth-order valence-electron chi connectivity index (χ4n) is 3.77. The Morgan fingerprint density at radius 3 is 2.78 bits per heavy atom. The quantitative estimate of drug-likeness (QED) is 0.442. The number of aromatic amines is 1. The Labute approximate surface area is 183 Å². The van der Waals surface area contributed by atoms with Gasteiger partial charge in [-0.15, -0.1) is 5.10 Å². The Balaban J connectivity index is 1.94. The molecule has 3 aromatic rings. The minimum Gasteiger partial charge on any atom is -0.493 e. The Morgan fingerprint density at radius 2 is 2.09 bits per heavy atom. The third-order valence-electron chi connectivity index (χ3n) is 5.14. The SMILES string of the molecule is CCOc1ccc(-c2[nH]nc3c2[C@@H](c2ccccc2[N+](=O)[O-])C(C#N)=C(N)O3)cc1OC. The van der Waals surface area contributed by atoms with Crippen LogP contribution in [-0.2, 0) is 0 Å². The molecule has 0 bridgehead atoms. The highest BCUT2D eigenvalue weighted by Gasteiger charge is 2.38. The minimum atomic E-state index is -0.850. The van der Waals surface area contributed by atoms with Crippen molar-refractivity contribution in [3.05, 3.63) is 75.2 Å². The fraction of sp³-hybridized carbons (Fsp3) is 0.182. The monoisotopic (exact) mass is 433 g/mol. The van der Waals surface area contributed by atoms with Gasteiger partial charge in [-0.3, -0.25) is 15.2 Å². The van der Waals surface area contributed by atoms with Gasteiger partial charge < -0.3 is 19.9 Å². The summed E-state index contributed by atoms with van der Waals surface area (Å²) in [5, 5.41) is 28.7. The standard InChI is InChI=1S/C22H19N5O5/c1-3-31-16-9-8-12(10-17(16)30-2)20-19-18(13-6-4-5-7-15(13)27(28)29)14(11-23)21(24)32-22(19)26-25-20/h4-10,18H,3,24H2,1-2H3,(H,25,26)/t18-/m0/s1. The van der Waals surface area contributed by atoms with Crippen LogP contribution in [0.4, 0.5) is 5.69 Å². The summed E-state index contributed by atoms with van der Waals surface area (Å²) in [4.78, 5) is 11.2. The van der Waals surface area contributed by atoms with Crippen LogP contribution < -0.4 is 19.9 Å². The maximum atomic E-state index is 11.7. The van der Waals surface area contributed by atoms with Crippen LogP contribution in [0.2, 0.25) is 0 Å². The molecule has 2 heterocycles. The van der Waals surface area contributed by atoms with Gasteiger partial charge in [0, 0.05) is 17.2 Å². The van der Waals surface area contributed by atoms with Crippen LogP contribution in [0.25, 0.3) is 11.3 Å². The summed E-state index contributed by atoms with van der Waals surface area (Å²) < 4.78 is 16.6. The molecule has 0 amide bonds. The van der Waals surface area contributed by atoms with Crippen molar-refractivity contribution < 1.29 is 19.1 Å². The molecule has 1 aliphatic heterocycles. The molecule has 4 rings (SSSR count). The maximum Gasteiger partial charge on any atom is 0.273 e. The lowest BCUT2D eigenvalue weighted by atomic mass is 9.82. The molecule has 3 N–H and O–H groups in total. The van der Waals surface area contributed by atoms with Crippen molar-refractivity contribution in [2.24, 2.45) is 5.73 Å². The first-order chi connectivity index (χ1) is 15.5. The van der Waals surface area contributed by atoms with Gasteiger partial charge in [-0.2, -0.15) is 5.26 Å². The van der Waals surface area contributed by atoms with Crippen LogP contribution in [-0.4, -0.2) is 28.8 Å². The van der Waals surface area contributed by atoms with E-state index in [1.165, 1.54) is 13.2 Å². The molecule has 0 unspecified atom stereocenters. The predicted molar refractivity (Wildman–Crippen MR) is 114 cm³/mol. The number of nitrogens with one attached hydrogen (secondary N) is 1. The van der Waals surface area contributed by atoms with E-state index in [0.717, 1.165) is 0 Å². The smallest absolute Gasteiger partial charge is 0.273 e. The number of methoxy groups -OCH3 is 1. The topological polar surface area (TPSA) is 149 Å². The van der Waals surface area contributed by atoms with Crippen LogP contribution in [0, 0.1) is 21.4 Å². The highest BCUT2D eigenvalue weighted by Crippen LogP contribution is 2.48. The lowest BCUT2D eigenvalue weighted by Crippen LogP contribution is -2.21. The fourth-order valence-corrected chi connectivity index (χ4v) is 3.77. The number of nitrogens with two attached hydrogens (primary N) is 1. The van der Waals surface area contributed by atoms with Gasteiger partial charge in [0.2, 0.25) is 11.8 Å². The number of H-pyrrole nitrogens is 1. The molecule has 1 aromatic heterocycles. The lowest BCUT2D eigenvalue weighted by molar-refractivity contribution is -0.385. The summed E-state index contributed by atoms with van der Waals surface area (Å²) in [5.74, 6) is 0.220. The second kappa shape index (κ2) is 8.31. The predicted octanol–water partition coefficient (Wildman–Crippen LogP) is 3.61. The van der Waals surface area contributed by atoms with Gasteiger partial charge in [-0.1, -0.05) is 18.2 Å². The van der Waals surface area contributed by atoms with Crippen LogP contribution in [0.5, 0.6) is 17.4 Å². The van der Waals surface area contributed by atoms with Crippen molar-refractivity contribution >= 4 is 5.69 Å². The Bertz CT molecular complexity index is 1270. The summed E-state index contributed by atoms with van der Waals surface area (Å²) in [7, 11) is 1.53. The molecule has 0 aliphatic carbocycles. The zero-order valence-corrected chi connectivity index (χ0v) is 17.3. The number of rotatable bonds is 6. The number of nitro groups is 1. The molecule has 0 saturated carbocycles. The molecule has 2 aromatic carbocycles. The van der Waals surface area contributed by atoms with Gasteiger partial charge >= 0.3 is 0 Å². The molecular weight excluding hydrogens is 414 g/mol. The largest absolute Gasteiger partial charge is 0.493 e. The molecule has 162 valence electrons. The third-order valence-corrected chi connectivity index (χ3v) is 5.14. The molecule has 0 spiro atoms. The van der Waals surface area contributed by atoms with E-state index >= 15 is 0 Å². The molecule has 1 atom stereocenters. The van der Waals surface area contributed by atoms with Crippen molar-refractivity contribution in [2.75, 3.05) is 13.7 Å². The normalized spacial score (nSPS) is 14.8. The summed E-state index contributed by atoms with van der Waals surface area (Å²) in [6, 6.07) is 13.6. The first-order valence-corrected chi connectivity index (χ1v) is 9.70. The van der Waals surface area contributed by atoms with Crippen molar-refractivity contribution in [1.29, 1.82) is 5.26 Å². The minimum absolute atomic E-state index is 0.0624. The van der Waals surface area contributed by atoms with E-state index in [1.807, 2.05) is 13.0 Å². The molecule has 32 heavy (non-hydrogen) atoms. The summed E-state index contributed by atoms with van der Waals surface area (Å²) in [5.41, 5.74) is 7.87. The average molecular weight is 433 g/mol. The van der Waals surface area contributed by atoms with Gasteiger partial charge in [-0.05, 0) is 25.1 Å². The number of ether oxygens (including phenoxy) is 3. The molecule has 1 aliphatic rings. The molecule has 0 fully saturated rings. The number of fused-ring (bicyclic) bond motifs is 1. The van der Waals surface area contributed by atoms with Crippen LogP contribution in [0.1, 0.15) is 24.0 Å². The van der Waals surface area contributed by atoms with Gasteiger partial charge in [-0.25, -0.2) is 0 Å². The lowest BCUT2D eigenvalue weighted by Gasteiger charge is -2.24. The number of benzene rings is 2. The number of allylic oxidation sites excluding steroid dienone is 1. The molecule has 10 nitrogen and oxygen atoms in total. The van der Waals surface area contributed by atoms with E-state index in [1.54, 1.807) is 36.4 Å². The van der Waals surface area contributed by atoms with Crippen molar-refractivity contribution in [3.63, 3.8) is 0 Å². The average Bonchev–Trinajstić information content (AvgIpc) is 3.21. The van der Waals surface area contributed by atoms with E-state index in [2.05, 4.69) is 10.2 Å².